The van der Waals surface area contributed by atoms with E-state index < -0.39 is 0 Å². The summed E-state index contributed by atoms with van der Waals surface area (Å²) in [6, 6.07) is 2.00. The Labute approximate surface area is 65.0 Å². The first kappa shape index (κ1) is 6.58. The third kappa shape index (κ3) is 1.31. The van der Waals surface area contributed by atoms with Crippen LogP contribution in [0.4, 0.5) is 0 Å². The fourth-order valence-electron chi connectivity index (χ4n) is 1.15. The van der Waals surface area contributed by atoms with Crippen LogP contribution in [0.5, 0.6) is 0 Å². The zero-order valence-corrected chi connectivity index (χ0v) is 6.23. The second kappa shape index (κ2) is 2.49. The molecule has 1 aromatic heterocycles. The van der Waals surface area contributed by atoms with Crippen molar-refractivity contribution in [3.05, 3.63) is 18.0 Å². The third-order valence-corrected chi connectivity index (χ3v) is 1.92. The highest BCUT2D eigenvalue weighted by Gasteiger charge is 2.25. The lowest BCUT2D eigenvalue weighted by Gasteiger charge is -1.90. The van der Waals surface area contributed by atoms with Gasteiger partial charge in [0, 0.05) is 12.1 Å². The van der Waals surface area contributed by atoms with Gasteiger partial charge in [-0.15, -0.1) is 0 Å². The molecule has 0 amide bonds. The van der Waals surface area contributed by atoms with Crippen molar-refractivity contribution in [3.8, 4) is 0 Å². The van der Waals surface area contributed by atoms with E-state index in [0.29, 0.717) is 12.5 Å². The van der Waals surface area contributed by atoms with E-state index in [2.05, 4.69) is 5.10 Å². The molecule has 1 heterocycles. The predicted octanol–water partition coefficient (Wildman–Crippen LogP) is 0.959. The van der Waals surface area contributed by atoms with Gasteiger partial charge in [0.15, 0.2) is 0 Å². The maximum absolute atomic E-state index is 10.1. The lowest BCUT2D eigenvalue weighted by Crippen LogP contribution is -1.99. The zero-order chi connectivity index (χ0) is 7.68. The quantitative estimate of drug-likeness (QED) is 0.601. The largest absolute Gasteiger partial charge is 0.301 e. The summed E-state index contributed by atoms with van der Waals surface area (Å²) >= 11 is 0. The third-order valence-electron chi connectivity index (χ3n) is 1.92. The summed E-state index contributed by atoms with van der Waals surface area (Å²) in [4.78, 5) is 10.1. The van der Waals surface area contributed by atoms with E-state index in [1.807, 2.05) is 12.3 Å². The number of rotatable bonds is 3. The van der Waals surface area contributed by atoms with Crippen molar-refractivity contribution in [1.29, 1.82) is 0 Å². The highest BCUT2D eigenvalue weighted by Crippen LogP contribution is 2.38. The SMILES string of the molecule is O=CCn1ccc(C2CC2)n1. The van der Waals surface area contributed by atoms with Gasteiger partial charge in [0.25, 0.3) is 0 Å². The molecule has 0 bridgehead atoms. The van der Waals surface area contributed by atoms with Gasteiger partial charge in [0.1, 0.15) is 6.29 Å². The standard InChI is InChI=1S/C8H10N2O/c11-6-5-10-4-3-8(9-10)7-1-2-7/h3-4,6-7H,1-2,5H2. The Balaban J connectivity index is 2.11. The molecule has 1 fully saturated rings. The van der Waals surface area contributed by atoms with Crippen LogP contribution in [-0.4, -0.2) is 16.1 Å². The van der Waals surface area contributed by atoms with Gasteiger partial charge in [0.2, 0.25) is 0 Å². The van der Waals surface area contributed by atoms with Crippen molar-refractivity contribution >= 4 is 6.29 Å². The molecule has 58 valence electrons. The maximum Gasteiger partial charge on any atom is 0.141 e. The summed E-state index contributed by atoms with van der Waals surface area (Å²) in [7, 11) is 0. The number of aldehydes is 1. The molecular formula is C8H10N2O. The van der Waals surface area contributed by atoms with E-state index in [-0.39, 0.29) is 0 Å². The molecule has 11 heavy (non-hydrogen) atoms. The molecular weight excluding hydrogens is 140 g/mol. The van der Waals surface area contributed by atoms with Crippen LogP contribution >= 0.6 is 0 Å². The van der Waals surface area contributed by atoms with E-state index in [9.17, 15) is 4.79 Å². The van der Waals surface area contributed by atoms with Crippen LogP contribution in [-0.2, 0) is 11.3 Å². The molecule has 0 unspecified atom stereocenters. The highest BCUT2D eigenvalue weighted by atomic mass is 16.1. The molecule has 1 aliphatic rings. The van der Waals surface area contributed by atoms with E-state index >= 15 is 0 Å². The summed E-state index contributed by atoms with van der Waals surface area (Å²) in [5.41, 5.74) is 1.15. The lowest BCUT2D eigenvalue weighted by molar-refractivity contribution is -0.108. The molecule has 1 aliphatic carbocycles. The first-order chi connectivity index (χ1) is 5.40. The second-order valence-corrected chi connectivity index (χ2v) is 2.90. The minimum Gasteiger partial charge on any atom is -0.301 e. The van der Waals surface area contributed by atoms with Crippen molar-refractivity contribution < 1.29 is 4.79 Å². The number of carbonyl (C=O) groups is 1. The molecule has 0 aliphatic heterocycles. The van der Waals surface area contributed by atoms with Crippen molar-refractivity contribution in [3.63, 3.8) is 0 Å². The van der Waals surface area contributed by atoms with Crippen LogP contribution < -0.4 is 0 Å². The predicted molar refractivity (Wildman–Crippen MR) is 40.3 cm³/mol. The molecule has 0 radical (unpaired) electrons. The molecule has 1 saturated carbocycles. The summed E-state index contributed by atoms with van der Waals surface area (Å²) in [6.07, 6.45) is 5.25. The molecule has 0 saturated heterocycles. The topological polar surface area (TPSA) is 34.9 Å². The molecule has 0 aromatic carbocycles. The summed E-state index contributed by atoms with van der Waals surface area (Å²) in [5.74, 6) is 0.683. The van der Waals surface area contributed by atoms with Gasteiger partial charge in [0.05, 0.1) is 12.2 Å². The second-order valence-electron chi connectivity index (χ2n) is 2.90. The average Bonchev–Trinajstić information content (AvgIpc) is 2.75. The number of carbonyl (C=O) groups excluding carboxylic acids is 1. The Morgan fingerprint density at radius 1 is 1.73 bits per heavy atom. The van der Waals surface area contributed by atoms with Gasteiger partial charge in [-0.2, -0.15) is 5.10 Å². The van der Waals surface area contributed by atoms with Gasteiger partial charge >= 0.3 is 0 Å². The van der Waals surface area contributed by atoms with E-state index in [1.165, 1.54) is 12.8 Å². The van der Waals surface area contributed by atoms with Crippen LogP contribution in [0.3, 0.4) is 0 Å². The molecule has 0 N–H and O–H groups in total. The number of hydrogen-bond donors (Lipinski definition) is 0. The highest BCUT2D eigenvalue weighted by molar-refractivity contribution is 5.48. The zero-order valence-electron chi connectivity index (χ0n) is 6.23. The van der Waals surface area contributed by atoms with Gasteiger partial charge < -0.3 is 4.79 Å². The summed E-state index contributed by atoms with van der Waals surface area (Å²) < 4.78 is 1.68. The van der Waals surface area contributed by atoms with E-state index in [4.69, 9.17) is 0 Å². The smallest absolute Gasteiger partial charge is 0.141 e. The van der Waals surface area contributed by atoms with Gasteiger partial charge in [-0.1, -0.05) is 0 Å². The molecule has 3 heteroatoms. The van der Waals surface area contributed by atoms with Crippen LogP contribution in [0.1, 0.15) is 24.5 Å². The Kier molecular flexibility index (Phi) is 1.49. The van der Waals surface area contributed by atoms with Gasteiger partial charge in [-0.3, -0.25) is 4.68 Å². The fourth-order valence-corrected chi connectivity index (χ4v) is 1.15. The number of aromatic nitrogens is 2. The van der Waals surface area contributed by atoms with Crippen molar-refractivity contribution in [2.45, 2.75) is 25.3 Å². The first-order valence-electron chi connectivity index (χ1n) is 3.87. The molecule has 0 spiro atoms. The fraction of sp³-hybridized carbons (Fsp3) is 0.500. The van der Waals surface area contributed by atoms with E-state index in [0.717, 1.165) is 12.0 Å². The lowest BCUT2D eigenvalue weighted by atomic mass is 10.3. The van der Waals surface area contributed by atoms with Crippen LogP contribution in [0.2, 0.25) is 0 Å². The average molecular weight is 150 g/mol. The Morgan fingerprint density at radius 2 is 2.55 bits per heavy atom. The summed E-state index contributed by atoms with van der Waals surface area (Å²) in [6.45, 7) is 0.382. The number of nitrogens with zero attached hydrogens (tertiary/aromatic N) is 2. The molecule has 0 atom stereocenters. The molecule has 3 nitrogen and oxygen atoms in total. The summed E-state index contributed by atoms with van der Waals surface area (Å²) in [5, 5.41) is 4.25. The van der Waals surface area contributed by atoms with Crippen LogP contribution in [0.15, 0.2) is 12.3 Å². The minimum atomic E-state index is 0.382. The van der Waals surface area contributed by atoms with Gasteiger partial charge in [-0.25, -0.2) is 0 Å². The molecule has 1 aromatic rings. The van der Waals surface area contributed by atoms with E-state index in [1.54, 1.807) is 4.68 Å². The maximum atomic E-state index is 10.1. The monoisotopic (exact) mass is 150 g/mol. The Bertz CT molecular complexity index is 263. The van der Waals surface area contributed by atoms with Crippen molar-refractivity contribution in [2.75, 3.05) is 0 Å². The first-order valence-corrected chi connectivity index (χ1v) is 3.87. The normalized spacial score (nSPS) is 16.7. The van der Waals surface area contributed by atoms with Crippen LogP contribution in [0.25, 0.3) is 0 Å². The molecule has 2 rings (SSSR count). The number of hydrogen-bond acceptors (Lipinski definition) is 2. The Hall–Kier alpha value is -1.12. The minimum absolute atomic E-state index is 0.382. The van der Waals surface area contributed by atoms with Gasteiger partial charge in [-0.05, 0) is 18.9 Å². The van der Waals surface area contributed by atoms with Crippen LogP contribution in [0, 0.1) is 0 Å². The Morgan fingerprint density at radius 3 is 3.18 bits per heavy atom. The van der Waals surface area contributed by atoms with Crippen molar-refractivity contribution in [2.24, 2.45) is 0 Å². The van der Waals surface area contributed by atoms with Crippen molar-refractivity contribution in [1.82, 2.24) is 9.78 Å².